The smallest absolute Gasteiger partial charge is 0.264 e. The lowest BCUT2D eigenvalue weighted by molar-refractivity contribution is -0.115. The molecule has 0 bridgehead atoms. The van der Waals surface area contributed by atoms with E-state index in [9.17, 15) is 22.7 Å². The van der Waals surface area contributed by atoms with Gasteiger partial charge in [-0.3, -0.25) is 9.52 Å². The van der Waals surface area contributed by atoms with E-state index in [-0.39, 0.29) is 28.6 Å². The highest BCUT2D eigenvalue weighted by Crippen LogP contribution is 2.29. The van der Waals surface area contributed by atoms with E-state index < -0.39 is 26.6 Å². The van der Waals surface area contributed by atoms with Crippen LogP contribution in [-0.4, -0.2) is 19.4 Å². The molecule has 0 unspecified atom stereocenters. The van der Waals surface area contributed by atoms with Crippen LogP contribution in [0.5, 0.6) is 5.75 Å². The summed E-state index contributed by atoms with van der Waals surface area (Å²) in [6.45, 7) is 0. The van der Waals surface area contributed by atoms with Crippen LogP contribution in [0.2, 0.25) is 5.02 Å². The summed E-state index contributed by atoms with van der Waals surface area (Å²) in [4.78, 5) is 11.9. The lowest BCUT2D eigenvalue weighted by Gasteiger charge is -2.14. The van der Waals surface area contributed by atoms with Gasteiger partial charge < -0.3 is 10.4 Å². The number of hydrogen-bond acceptors (Lipinski definition) is 4. The van der Waals surface area contributed by atoms with Crippen LogP contribution in [0, 0.1) is 5.82 Å². The van der Waals surface area contributed by atoms with Gasteiger partial charge in [0, 0.05) is 10.6 Å². The Labute approximate surface area is 172 Å². The lowest BCUT2D eigenvalue weighted by atomic mass is 10.1. The zero-order chi connectivity index (χ0) is 21.0. The molecule has 3 N–H and O–H groups in total. The molecule has 6 nitrogen and oxygen atoms in total. The summed E-state index contributed by atoms with van der Waals surface area (Å²) >= 11 is 5.97. The molecule has 150 valence electrons. The van der Waals surface area contributed by atoms with Crippen molar-refractivity contribution in [2.24, 2.45) is 0 Å². The van der Waals surface area contributed by atoms with Gasteiger partial charge >= 0.3 is 0 Å². The zero-order valence-electron chi connectivity index (χ0n) is 14.9. The fraction of sp³-hybridized carbons (Fsp3) is 0.0500. The fourth-order valence-electron chi connectivity index (χ4n) is 2.60. The molecular formula is C20H16ClFN2O4S. The number of sulfonamides is 1. The average molecular weight is 435 g/mol. The summed E-state index contributed by atoms with van der Waals surface area (Å²) in [6.07, 6.45) is -0.140. The molecule has 3 aromatic rings. The molecule has 0 saturated carbocycles. The van der Waals surface area contributed by atoms with Gasteiger partial charge in [0.2, 0.25) is 5.91 Å². The molecular weight excluding hydrogens is 419 g/mol. The minimum atomic E-state index is -4.24. The third-order valence-electron chi connectivity index (χ3n) is 3.97. The van der Waals surface area contributed by atoms with Crippen molar-refractivity contribution in [2.75, 3.05) is 10.0 Å². The second-order valence-electron chi connectivity index (χ2n) is 6.08. The Morgan fingerprint density at radius 1 is 1.00 bits per heavy atom. The molecule has 0 spiro atoms. The number of aromatic hydroxyl groups is 1. The van der Waals surface area contributed by atoms with Gasteiger partial charge in [-0.1, -0.05) is 41.9 Å². The summed E-state index contributed by atoms with van der Waals surface area (Å²) in [6, 6.07) is 15.4. The SMILES string of the molecule is O=C(Cc1ccccc1O)Nc1cc(Cl)ccc1NS(=O)(=O)c1ccccc1F. The summed E-state index contributed by atoms with van der Waals surface area (Å²) in [5.41, 5.74) is 0.515. The topological polar surface area (TPSA) is 95.5 Å². The largest absolute Gasteiger partial charge is 0.508 e. The van der Waals surface area contributed by atoms with Crippen LogP contribution < -0.4 is 10.0 Å². The Morgan fingerprint density at radius 3 is 2.41 bits per heavy atom. The van der Waals surface area contributed by atoms with Crippen molar-refractivity contribution in [3.05, 3.63) is 83.1 Å². The van der Waals surface area contributed by atoms with E-state index in [1.165, 1.54) is 36.4 Å². The first-order chi connectivity index (χ1) is 13.8. The third-order valence-corrected chi connectivity index (χ3v) is 5.60. The molecule has 0 aliphatic rings. The van der Waals surface area contributed by atoms with Gasteiger partial charge in [-0.15, -0.1) is 0 Å². The first-order valence-corrected chi connectivity index (χ1v) is 10.3. The average Bonchev–Trinajstić information content (AvgIpc) is 2.66. The number of phenolic OH excluding ortho intramolecular Hbond substituents is 1. The van der Waals surface area contributed by atoms with Gasteiger partial charge in [-0.05, 0) is 36.4 Å². The molecule has 3 rings (SSSR count). The molecule has 3 aromatic carbocycles. The second-order valence-corrected chi connectivity index (χ2v) is 8.17. The number of anilines is 2. The van der Waals surface area contributed by atoms with Crippen molar-refractivity contribution in [2.45, 2.75) is 11.3 Å². The normalized spacial score (nSPS) is 11.1. The molecule has 9 heteroatoms. The number of benzene rings is 3. The predicted molar refractivity (Wildman–Crippen MR) is 109 cm³/mol. The maximum absolute atomic E-state index is 13.9. The monoisotopic (exact) mass is 434 g/mol. The van der Waals surface area contributed by atoms with Crippen LogP contribution in [-0.2, 0) is 21.2 Å². The summed E-state index contributed by atoms with van der Waals surface area (Å²) in [5, 5.41) is 12.6. The predicted octanol–water partition coefficient (Wildman–Crippen LogP) is 4.17. The molecule has 0 atom stereocenters. The molecule has 0 radical (unpaired) electrons. The first kappa shape index (κ1) is 20.6. The number of phenols is 1. The maximum Gasteiger partial charge on any atom is 0.264 e. The van der Waals surface area contributed by atoms with Gasteiger partial charge in [-0.25, -0.2) is 12.8 Å². The number of para-hydroxylation sites is 1. The fourth-order valence-corrected chi connectivity index (χ4v) is 3.93. The van der Waals surface area contributed by atoms with E-state index >= 15 is 0 Å². The lowest BCUT2D eigenvalue weighted by Crippen LogP contribution is -2.19. The molecule has 29 heavy (non-hydrogen) atoms. The number of carbonyl (C=O) groups excluding carboxylic acids is 1. The zero-order valence-corrected chi connectivity index (χ0v) is 16.5. The third kappa shape index (κ3) is 5.04. The minimum Gasteiger partial charge on any atom is -0.508 e. The maximum atomic E-state index is 13.9. The molecule has 0 aromatic heterocycles. The number of carbonyl (C=O) groups is 1. The Morgan fingerprint density at radius 2 is 1.69 bits per heavy atom. The van der Waals surface area contributed by atoms with E-state index in [0.29, 0.717) is 5.56 Å². The number of rotatable bonds is 6. The van der Waals surface area contributed by atoms with Crippen LogP contribution in [0.1, 0.15) is 5.56 Å². The Kier molecular flexibility index (Phi) is 6.05. The number of amides is 1. The van der Waals surface area contributed by atoms with Crippen molar-refractivity contribution in [3.63, 3.8) is 0 Å². The van der Waals surface area contributed by atoms with Crippen molar-refractivity contribution in [1.29, 1.82) is 0 Å². The molecule has 0 aliphatic heterocycles. The van der Waals surface area contributed by atoms with Crippen LogP contribution in [0.3, 0.4) is 0 Å². The Hall–Kier alpha value is -3.10. The molecule has 0 saturated heterocycles. The van der Waals surface area contributed by atoms with E-state index in [1.807, 2.05) is 0 Å². The van der Waals surface area contributed by atoms with Gasteiger partial charge in [0.25, 0.3) is 10.0 Å². The van der Waals surface area contributed by atoms with Gasteiger partial charge in [0.15, 0.2) is 0 Å². The van der Waals surface area contributed by atoms with E-state index in [1.54, 1.807) is 18.2 Å². The minimum absolute atomic E-state index is 0.0169. The van der Waals surface area contributed by atoms with E-state index in [4.69, 9.17) is 11.6 Å². The molecule has 0 heterocycles. The van der Waals surface area contributed by atoms with Crippen molar-refractivity contribution in [1.82, 2.24) is 0 Å². The Balaban J connectivity index is 1.86. The van der Waals surface area contributed by atoms with Gasteiger partial charge in [0.05, 0.1) is 17.8 Å². The summed E-state index contributed by atoms with van der Waals surface area (Å²) < 4.78 is 41.3. The van der Waals surface area contributed by atoms with Crippen molar-refractivity contribution in [3.8, 4) is 5.75 Å². The Bertz CT molecular complexity index is 1170. The summed E-state index contributed by atoms with van der Waals surface area (Å²) in [7, 11) is -4.24. The number of nitrogens with one attached hydrogen (secondary N) is 2. The van der Waals surface area contributed by atoms with Crippen molar-refractivity contribution < 1.29 is 22.7 Å². The standard InChI is InChI=1S/C20H16ClFN2O4S/c21-14-9-10-16(24-29(27,28)19-8-4-2-6-15(19)22)17(12-14)23-20(26)11-13-5-1-3-7-18(13)25/h1-10,12,24-25H,11H2,(H,23,26). The molecule has 1 amide bonds. The quantitative estimate of drug-likeness (QED) is 0.542. The summed E-state index contributed by atoms with van der Waals surface area (Å²) in [5.74, 6) is -1.44. The highest BCUT2D eigenvalue weighted by molar-refractivity contribution is 7.92. The number of hydrogen-bond donors (Lipinski definition) is 3. The van der Waals surface area contributed by atoms with Crippen LogP contribution >= 0.6 is 11.6 Å². The van der Waals surface area contributed by atoms with Gasteiger partial charge in [-0.2, -0.15) is 0 Å². The van der Waals surface area contributed by atoms with Crippen LogP contribution in [0.4, 0.5) is 15.8 Å². The number of halogens is 2. The second kappa shape index (κ2) is 8.50. The van der Waals surface area contributed by atoms with Crippen molar-refractivity contribution >= 4 is 38.9 Å². The van der Waals surface area contributed by atoms with Crippen LogP contribution in [0.15, 0.2) is 71.6 Å². The molecule has 0 aliphatic carbocycles. The molecule has 0 fully saturated rings. The first-order valence-electron chi connectivity index (χ1n) is 8.40. The van der Waals surface area contributed by atoms with E-state index in [2.05, 4.69) is 10.0 Å². The highest BCUT2D eigenvalue weighted by atomic mass is 35.5. The van der Waals surface area contributed by atoms with E-state index in [0.717, 1.165) is 12.1 Å². The van der Waals surface area contributed by atoms with Gasteiger partial charge in [0.1, 0.15) is 16.5 Å². The highest BCUT2D eigenvalue weighted by Gasteiger charge is 2.21. The van der Waals surface area contributed by atoms with Crippen LogP contribution in [0.25, 0.3) is 0 Å².